The third-order valence-corrected chi connectivity index (χ3v) is 5.42. The van der Waals surface area contributed by atoms with Gasteiger partial charge in [0.25, 0.3) is 5.69 Å². The number of nitro groups is 1. The smallest absolute Gasteiger partial charge is 0.293 e. The van der Waals surface area contributed by atoms with E-state index >= 15 is 0 Å². The molecule has 1 atom stereocenters. The van der Waals surface area contributed by atoms with Gasteiger partial charge >= 0.3 is 0 Å². The molecule has 2 aromatic carbocycles. The fourth-order valence-electron chi connectivity index (χ4n) is 2.73. The zero-order valence-corrected chi connectivity index (χ0v) is 14.3. The minimum atomic E-state index is -0.850. The van der Waals surface area contributed by atoms with E-state index in [0.29, 0.717) is 23.4 Å². The molecule has 7 heteroatoms. The Kier molecular flexibility index (Phi) is 5.06. The van der Waals surface area contributed by atoms with E-state index in [2.05, 4.69) is 5.32 Å². The van der Waals surface area contributed by atoms with Crippen LogP contribution in [-0.4, -0.2) is 39.5 Å². The highest BCUT2D eigenvalue weighted by molar-refractivity contribution is 7.99. The Bertz CT molecular complexity index is 789. The van der Waals surface area contributed by atoms with Crippen LogP contribution in [0.5, 0.6) is 0 Å². The Hall–Kier alpha value is -2.38. The molecule has 2 aromatic rings. The molecule has 1 aliphatic rings. The molecule has 0 spiro atoms. The second kappa shape index (κ2) is 7.25. The summed E-state index contributed by atoms with van der Waals surface area (Å²) in [5.41, 5.74) is 0.0289. The van der Waals surface area contributed by atoms with E-state index in [1.807, 2.05) is 0 Å². The van der Waals surface area contributed by atoms with Crippen molar-refractivity contribution in [3.63, 3.8) is 0 Å². The monoisotopic (exact) mass is 358 g/mol. The third-order valence-electron chi connectivity index (χ3n) is 4.18. The van der Waals surface area contributed by atoms with Crippen LogP contribution in [0, 0.1) is 10.1 Å². The summed E-state index contributed by atoms with van der Waals surface area (Å²) in [4.78, 5) is 23.3. The van der Waals surface area contributed by atoms with Gasteiger partial charge in [-0.2, -0.15) is 11.8 Å². The summed E-state index contributed by atoms with van der Waals surface area (Å²) in [7, 11) is 0. The summed E-state index contributed by atoms with van der Waals surface area (Å²) in [5.74, 6) is 1.23. The lowest BCUT2D eigenvalue weighted by Gasteiger charge is -2.22. The quantitative estimate of drug-likeness (QED) is 0.468. The number of nitrogens with zero attached hydrogens (tertiary/aromatic N) is 1. The number of anilines is 1. The SMILES string of the molecule is O=C(c1ccccc1)c1ccc(NC[C@@]2(O)CCSC2)c([N+](=O)[O-])c1. The third kappa shape index (κ3) is 4.00. The van der Waals surface area contributed by atoms with Gasteiger partial charge in [-0.1, -0.05) is 30.3 Å². The number of aliphatic hydroxyl groups is 1. The van der Waals surface area contributed by atoms with Crippen LogP contribution < -0.4 is 5.32 Å². The highest BCUT2D eigenvalue weighted by Gasteiger charge is 2.32. The Morgan fingerprint density at radius 2 is 2.00 bits per heavy atom. The van der Waals surface area contributed by atoms with Gasteiger partial charge in [0, 0.05) is 29.5 Å². The largest absolute Gasteiger partial charge is 0.387 e. The highest BCUT2D eigenvalue weighted by atomic mass is 32.2. The van der Waals surface area contributed by atoms with Crippen molar-refractivity contribution < 1.29 is 14.8 Å². The molecule has 0 bridgehead atoms. The number of rotatable bonds is 6. The van der Waals surface area contributed by atoms with Crippen LogP contribution in [0.1, 0.15) is 22.3 Å². The molecule has 6 nitrogen and oxygen atoms in total. The van der Waals surface area contributed by atoms with E-state index in [1.165, 1.54) is 12.1 Å². The first-order valence-corrected chi connectivity index (χ1v) is 9.06. The lowest BCUT2D eigenvalue weighted by Crippen LogP contribution is -2.36. The normalized spacial score (nSPS) is 19.6. The minimum Gasteiger partial charge on any atom is -0.387 e. The maximum atomic E-state index is 12.5. The lowest BCUT2D eigenvalue weighted by atomic mass is 10.0. The van der Waals surface area contributed by atoms with Crippen LogP contribution in [-0.2, 0) is 0 Å². The van der Waals surface area contributed by atoms with Crippen LogP contribution >= 0.6 is 11.8 Å². The summed E-state index contributed by atoms with van der Waals surface area (Å²) >= 11 is 1.66. The topological polar surface area (TPSA) is 92.5 Å². The predicted octanol–water partition coefficient (Wildman–Crippen LogP) is 3.11. The number of benzene rings is 2. The number of carbonyl (C=O) groups excluding carboxylic acids is 1. The minimum absolute atomic E-state index is 0.170. The Morgan fingerprint density at radius 3 is 2.64 bits per heavy atom. The molecule has 1 fully saturated rings. The van der Waals surface area contributed by atoms with Crippen LogP contribution in [0.15, 0.2) is 48.5 Å². The number of nitro benzene ring substituents is 1. The average molecular weight is 358 g/mol. The van der Waals surface area contributed by atoms with Crippen molar-refractivity contribution in [1.82, 2.24) is 0 Å². The van der Waals surface area contributed by atoms with Crippen LogP contribution in [0.3, 0.4) is 0 Å². The molecular weight excluding hydrogens is 340 g/mol. The maximum absolute atomic E-state index is 12.5. The van der Waals surface area contributed by atoms with E-state index in [1.54, 1.807) is 48.2 Å². The molecule has 0 aliphatic carbocycles. The fourth-order valence-corrected chi connectivity index (χ4v) is 4.02. The number of ketones is 1. The van der Waals surface area contributed by atoms with Gasteiger partial charge in [0.2, 0.25) is 0 Å². The number of nitrogens with one attached hydrogen (secondary N) is 1. The van der Waals surface area contributed by atoms with Crippen molar-refractivity contribution in [3.8, 4) is 0 Å². The lowest BCUT2D eigenvalue weighted by molar-refractivity contribution is -0.384. The average Bonchev–Trinajstić information content (AvgIpc) is 3.07. The fraction of sp³-hybridized carbons (Fsp3) is 0.278. The summed E-state index contributed by atoms with van der Waals surface area (Å²) in [6.45, 7) is 0.243. The summed E-state index contributed by atoms with van der Waals surface area (Å²) in [6, 6.07) is 13.0. The molecule has 0 amide bonds. The Balaban J connectivity index is 1.83. The molecule has 0 saturated carbocycles. The maximum Gasteiger partial charge on any atom is 0.293 e. The molecule has 2 N–H and O–H groups in total. The molecule has 3 rings (SSSR count). The number of hydrogen-bond acceptors (Lipinski definition) is 6. The van der Waals surface area contributed by atoms with Gasteiger partial charge in [0.15, 0.2) is 5.78 Å². The van der Waals surface area contributed by atoms with Gasteiger partial charge in [-0.3, -0.25) is 14.9 Å². The molecule has 0 unspecified atom stereocenters. The van der Waals surface area contributed by atoms with Gasteiger partial charge in [0.05, 0.1) is 10.5 Å². The van der Waals surface area contributed by atoms with E-state index in [4.69, 9.17) is 0 Å². The number of hydrogen-bond donors (Lipinski definition) is 2. The van der Waals surface area contributed by atoms with Crippen molar-refractivity contribution in [1.29, 1.82) is 0 Å². The summed E-state index contributed by atoms with van der Waals surface area (Å²) in [6.07, 6.45) is 0.656. The number of carbonyl (C=O) groups is 1. The first-order chi connectivity index (χ1) is 12.0. The molecular formula is C18H18N2O4S. The van der Waals surface area contributed by atoms with Crippen LogP contribution in [0.2, 0.25) is 0 Å². The second-order valence-electron chi connectivity index (χ2n) is 6.06. The second-order valence-corrected chi connectivity index (χ2v) is 7.17. The van der Waals surface area contributed by atoms with E-state index in [0.717, 1.165) is 5.75 Å². The number of thioether (sulfide) groups is 1. The van der Waals surface area contributed by atoms with Gasteiger partial charge in [-0.15, -0.1) is 0 Å². The summed E-state index contributed by atoms with van der Waals surface area (Å²) < 4.78 is 0. The van der Waals surface area contributed by atoms with Crippen molar-refractivity contribution in [3.05, 3.63) is 69.8 Å². The first kappa shape index (κ1) is 17.4. The van der Waals surface area contributed by atoms with Gasteiger partial charge in [-0.25, -0.2) is 0 Å². The molecule has 1 saturated heterocycles. The zero-order chi connectivity index (χ0) is 17.9. The van der Waals surface area contributed by atoms with E-state index < -0.39 is 10.5 Å². The van der Waals surface area contributed by atoms with Crippen LogP contribution in [0.4, 0.5) is 11.4 Å². The van der Waals surface area contributed by atoms with Crippen molar-refractivity contribution in [2.45, 2.75) is 12.0 Å². The molecule has 25 heavy (non-hydrogen) atoms. The molecule has 0 aromatic heterocycles. The predicted molar refractivity (Wildman–Crippen MR) is 98.4 cm³/mol. The Morgan fingerprint density at radius 1 is 1.24 bits per heavy atom. The van der Waals surface area contributed by atoms with Gasteiger partial charge in [0.1, 0.15) is 5.69 Å². The van der Waals surface area contributed by atoms with Crippen molar-refractivity contribution >= 4 is 28.9 Å². The van der Waals surface area contributed by atoms with Crippen molar-refractivity contribution in [2.24, 2.45) is 0 Å². The van der Waals surface area contributed by atoms with Crippen molar-refractivity contribution in [2.75, 3.05) is 23.4 Å². The first-order valence-electron chi connectivity index (χ1n) is 7.91. The van der Waals surface area contributed by atoms with Crippen LogP contribution in [0.25, 0.3) is 0 Å². The summed E-state index contributed by atoms with van der Waals surface area (Å²) in [5, 5.41) is 24.7. The zero-order valence-electron chi connectivity index (χ0n) is 13.5. The van der Waals surface area contributed by atoms with Gasteiger partial charge < -0.3 is 10.4 Å². The molecule has 0 radical (unpaired) electrons. The molecule has 130 valence electrons. The Labute approximate surface area is 149 Å². The molecule has 1 aliphatic heterocycles. The van der Waals surface area contributed by atoms with E-state index in [9.17, 15) is 20.0 Å². The molecule has 1 heterocycles. The van der Waals surface area contributed by atoms with Gasteiger partial charge in [-0.05, 0) is 24.3 Å². The van der Waals surface area contributed by atoms with E-state index in [-0.39, 0.29) is 23.6 Å². The standard InChI is InChI=1S/C18H18N2O4S/c21-17(13-4-2-1-3-5-13)14-6-7-15(16(10-14)20(23)24)19-11-18(22)8-9-25-12-18/h1-7,10,19,22H,8-9,11-12H2/t18-/m0/s1. The highest BCUT2D eigenvalue weighted by Crippen LogP contribution is 2.31.